The van der Waals surface area contributed by atoms with E-state index >= 15 is 0 Å². The third kappa shape index (κ3) is 3.23. The summed E-state index contributed by atoms with van der Waals surface area (Å²) in [4.78, 5) is 2.71. The highest BCUT2D eigenvalue weighted by Gasteiger charge is 2.37. The van der Waals surface area contributed by atoms with Gasteiger partial charge in [0, 0.05) is 18.6 Å². The summed E-state index contributed by atoms with van der Waals surface area (Å²) in [5, 5.41) is 0. The van der Waals surface area contributed by atoms with Crippen molar-refractivity contribution >= 4 is 0 Å². The lowest BCUT2D eigenvalue weighted by Gasteiger charge is -2.47. The first-order valence-electron chi connectivity index (χ1n) is 7.51. The van der Waals surface area contributed by atoms with Crippen molar-refractivity contribution in [1.82, 2.24) is 4.90 Å². The van der Waals surface area contributed by atoms with E-state index in [9.17, 15) is 0 Å². The first-order valence-corrected chi connectivity index (χ1v) is 7.51. The standard InChI is InChI=1S/C15H30N2/c1-4-12-6-5-9-17(11-12)14-10-15(2,3)8-7-13(14)16/h12-14H,4-11,16H2,1-3H3. The lowest BCUT2D eigenvalue weighted by Crippen LogP contribution is -2.55. The van der Waals surface area contributed by atoms with Gasteiger partial charge >= 0.3 is 0 Å². The van der Waals surface area contributed by atoms with Crippen molar-refractivity contribution in [3.63, 3.8) is 0 Å². The molecule has 2 nitrogen and oxygen atoms in total. The molecule has 3 unspecified atom stereocenters. The van der Waals surface area contributed by atoms with Gasteiger partial charge in [-0.1, -0.05) is 27.2 Å². The Bertz CT molecular complexity index is 249. The van der Waals surface area contributed by atoms with Crippen molar-refractivity contribution < 1.29 is 0 Å². The number of rotatable bonds is 2. The molecule has 1 heterocycles. The average molecular weight is 238 g/mol. The van der Waals surface area contributed by atoms with Gasteiger partial charge in [0.05, 0.1) is 0 Å². The molecule has 2 rings (SSSR count). The van der Waals surface area contributed by atoms with Gasteiger partial charge in [-0.2, -0.15) is 0 Å². The van der Waals surface area contributed by atoms with E-state index in [0.717, 1.165) is 5.92 Å². The molecule has 2 heteroatoms. The van der Waals surface area contributed by atoms with Gasteiger partial charge in [0.25, 0.3) is 0 Å². The number of hydrogen-bond acceptors (Lipinski definition) is 2. The molecule has 0 aromatic carbocycles. The maximum atomic E-state index is 6.38. The fourth-order valence-corrected chi connectivity index (χ4v) is 3.70. The van der Waals surface area contributed by atoms with E-state index in [1.165, 1.54) is 51.6 Å². The highest BCUT2D eigenvalue weighted by atomic mass is 15.2. The summed E-state index contributed by atoms with van der Waals surface area (Å²) < 4.78 is 0. The Labute approximate surface area is 107 Å². The number of likely N-dealkylation sites (tertiary alicyclic amines) is 1. The Morgan fingerprint density at radius 1 is 1.29 bits per heavy atom. The van der Waals surface area contributed by atoms with Crippen molar-refractivity contribution in [2.45, 2.75) is 71.4 Å². The van der Waals surface area contributed by atoms with E-state index in [0.29, 0.717) is 17.5 Å². The Morgan fingerprint density at radius 2 is 2.06 bits per heavy atom. The van der Waals surface area contributed by atoms with Crippen LogP contribution in [0.4, 0.5) is 0 Å². The van der Waals surface area contributed by atoms with Crippen LogP contribution in [0.3, 0.4) is 0 Å². The van der Waals surface area contributed by atoms with Gasteiger partial charge in [0.2, 0.25) is 0 Å². The molecule has 1 aliphatic carbocycles. The molecule has 0 aromatic rings. The largest absolute Gasteiger partial charge is 0.326 e. The topological polar surface area (TPSA) is 29.3 Å². The first kappa shape index (κ1) is 13.4. The third-order valence-electron chi connectivity index (χ3n) is 5.01. The molecule has 1 saturated carbocycles. The predicted octanol–water partition coefficient (Wildman–Crippen LogP) is 3.01. The molecule has 0 bridgehead atoms. The molecule has 3 atom stereocenters. The first-order chi connectivity index (χ1) is 8.02. The lowest BCUT2D eigenvalue weighted by atomic mass is 9.72. The molecule has 0 radical (unpaired) electrons. The smallest absolute Gasteiger partial charge is 0.0252 e. The minimum Gasteiger partial charge on any atom is -0.326 e. The fraction of sp³-hybridized carbons (Fsp3) is 1.00. The van der Waals surface area contributed by atoms with Gasteiger partial charge < -0.3 is 5.73 Å². The molecule has 0 aromatic heterocycles. The van der Waals surface area contributed by atoms with Crippen LogP contribution in [0.25, 0.3) is 0 Å². The molecule has 17 heavy (non-hydrogen) atoms. The Balaban J connectivity index is 1.99. The van der Waals surface area contributed by atoms with E-state index in [1.807, 2.05) is 0 Å². The van der Waals surface area contributed by atoms with E-state index < -0.39 is 0 Å². The molecular weight excluding hydrogens is 208 g/mol. The van der Waals surface area contributed by atoms with Crippen LogP contribution in [0.15, 0.2) is 0 Å². The number of nitrogens with two attached hydrogens (primary N) is 1. The fourth-order valence-electron chi connectivity index (χ4n) is 3.70. The molecule has 1 aliphatic heterocycles. The normalized spacial score (nSPS) is 39.2. The Kier molecular flexibility index (Phi) is 4.14. The maximum Gasteiger partial charge on any atom is 0.0252 e. The van der Waals surface area contributed by atoms with Crippen LogP contribution in [-0.2, 0) is 0 Å². The average Bonchev–Trinajstić information content (AvgIpc) is 2.32. The van der Waals surface area contributed by atoms with Crippen LogP contribution in [-0.4, -0.2) is 30.1 Å². The molecule has 2 N–H and O–H groups in total. The zero-order chi connectivity index (χ0) is 12.5. The zero-order valence-electron chi connectivity index (χ0n) is 11.9. The Hall–Kier alpha value is -0.0800. The van der Waals surface area contributed by atoms with Crippen LogP contribution in [0.5, 0.6) is 0 Å². The van der Waals surface area contributed by atoms with Crippen LogP contribution in [0, 0.1) is 11.3 Å². The number of nitrogens with zero attached hydrogens (tertiary/aromatic N) is 1. The second kappa shape index (κ2) is 5.27. The van der Waals surface area contributed by atoms with E-state index in [4.69, 9.17) is 5.73 Å². The van der Waals surface area contributed by atoms with Crippen LogP contribution < -0.4 is 5.73 Å². The molecule has 100 valence electrons. The summed E-state index contributed by atoms with van der Waals surface area (Å²) >= 11 is 0. The summed E-state index contributed by atoms with van der Waals surface area (Å²) in [6.45, 7) is 9.73. The third-order valence-corrected chi connectivity index (χ3v) is 5.01. The van der Waals surface area contributed by atoms with Crippen LogP contribution in [0.2, 0.25) is 0 Å². The minimum absolute atomic E-state index is 0.415. The zero-order valence-corrected chi connectivity index (χ0v) is 11.9. The van der Waals surface area contributed by atoms with Crippen molar-refractivity contribution in [2.24, 2.45) is 17.1 Å². The molecule has 1 saturated heterocycles. The summed E-state index contributed by atoms with van der Waals surface area (Å²) in [7, 11) is 0. The van der Waals surface area contributed by atoms with Crippen molar-refractivity contribution in [3.05, 3.63) is 0 Å². The van der Waals surface area contributed by atoms with Gasteiger partial charge in [0.1, 0.15) is 0 Å². The van der Waals surface area contributed by atoms with Crippen LogP contribution in [0.1, 0.15) is 59.3 Å². The van der Waals surface area contributed by atoms with E-state index in [2.05, 4.69) is 25.7 Å². The maximum absolute atomic E-state index is 6.38. The van der Waals surface area contributed by atoms with Gasteiger partial charge in [0.15, 0.2) is 0 Å². The molecule has 0 amide bonds. The quantitative estimate of drug-likeness (QED) is 0.801. The van der Waals surface area contributed by atoms with Gasteiger partial charge in [-0.15, -0.1) is 0 Å². The molecule has 0 spiro atoms. The number of hydrogen-bond donors (Lipinski definition) is 1. The van der Waals surface area contributed by atoms with Crippen LogP contribution >= 0.6 is 0 Å². The van der Waals surface area contributed by atoms with Crippen molar-refractivity contribution in [1.29, 1.82) is 0 Å². The summed E-state index contributed by atoms with van der Waals surface area (Å²) in [6, 6.07) is 1.06. The SMILES string of the molecule is CCC1CCCN(C2CC(C)(C)CCC2N)C1. The summed E-state index contributed by atoms with van der Waals surface area (Å²) in [5.74, 6) is 0.918. The molecule has 2 fully saturated rings. The molecule has 2 aliphatic rings. The predicted molar refractivity (Wildman–Crippen MR) is 74.0 cm³/mol. The van der Waals surface area contributed by atoms with Gasteiger partial charge in [-0.25, -0.2) is 0 Å². The minimum atomic E-state index is 0.415. The second-order valence-electron chi connectivity index (χ2n) is 7.05. The van der Waals surface area contributed by atoms with Gasteiger partial charge in [-0.05, 0) is 50.0 Å². The highest BCUT2D eigenvalue weighted by molar-refractivity contribution is 4.94. The number of piperidine rings is 1. The monoisotopic (exact) mass is 238 g/mol. The second-order valence-corrected chi connectivity index (χ2v) is 7.05. The summed E-state index contributed by atoms with van der Waals surface area (Å²) in [5.41, 5.74) is 6.88. The Morgan fingerprint density at radius 3 is 2.76 bits per heavy atom. The highest BCUT2D eigenvalue weighted by Crippen LogP contribution is 2.38. The van der Waals surface area contributed by atoms with E-state index in [-0.39, 0.29) is 0 Å². The molecular formula is C15H30N2. The van der Waals surface area contributed by atoms with E-state index in [1.54, 1.807) is 0 Å². The van der Waals surface area contributed by atoms with Gasteiger partial charge in [-0.3, -0.25) is 4.90 Å². The van der Waals surface area contributed by atoms with Crippen molar-refractivity contribution in [3.8, 4) is 0 Å². The lowest BCUT2D eigenvalue weighted by molar-refractivity contribution is 0.0457. The van der Waals surface area contributed by atoms with Crippen molar-refractivity contribution in [2.75, 3.05) is 13.1 Å². The summed E-state index contributed by atoms with van der Waals surface area (Å²) in [6.07, 6.45) is 7.95.